The third-order valence-corrected chi connectivity index (χ3v) is 4.79. The Morgan fingerprint density at radius 3 is 2.81 bits per heavy atom. The Labute approximate surface area is 128 Å². The number of urea groups is 1. The maximum atomic E-state index is 12.1. The summed E-state index contributed by atoms with van der Waals surface area (Å²) in [5.74, 6) is 0.239. The molecule has 1 heterocycles. The average Bonchev–Trinajstić information content (AvgIpc) is 3.09. The van der Waals surface area contributed by atoms with Crippen molar-refractivity contribution < 1.29 is 14.6 Å². The van der Waals surface area contributed by atoms with Crippen LogP contribution in [0.2, 0.25) is 0 Å². The molecule has 2 rings (SSSR count). The van der Waals surface area contributed by atoms with Crippen molar-refractivity contribution in [1.82, 2.24) is 10.2 Å². The molecule has 1 saturated carbocycles. The molecule has 0 aromatic rings. The molecule has 21 heavy (non-hydrogen) atoms. The van der Waals surface area contributed by atoms with Gasteiger partial charge in [0.1, 0.15) is 0 Å². The van der Waals surface area contributed by atoms with Crippen molar-refractivity contribution in [2.24, 2.45) is 5.92 Å². The molecule has 0 aromatic heterocycles. The van der Waals surface area contributed by atoms with Crippen LogP contribution in [0.5, 0.6) is 0 Å². The lowest BCUT2D eigenvalue weighted by Crippen LogP contribution is -2.44. The minimum absolute atomic E-state index is 0.0334. The molecule has 122 valence electrons. The first-order chi connectivity index (χ1) is 10.1. The van der Waals surface area contributed by atoms with Crippen molar-refractivity contribution >= 4 is 6.03 Å². The van der Waals surface area contributed by atoms with Crippen molar-refractivity contribution in [1.29, 1.82) is 0 Å². The average molecular weight is 298 g/mol. The summed E-state index contributed by atoms with van der Waals surface area (Å²) in [5.41, 5.74) is 0. The number of hydrogen-bond donors (Lipinski definition) is 2. The zero-order valence-corrected chi connectivity index (χ0v) is 13.4. The summed E-state index contributed by atoms with van der Waals surface area (Å²) in [5, 5.41) is 12.9. The van der Waals surface area contributed by atoms with Gasteiger partial charge in [0.05, 0.1) is 12.2 Å². The van der Waals surface area contributed by atoms with Gasteiger partial charge in [-0.05, 0) is 45.4 Å². The first-order valence-electron chi connectivity index (χ1n) is 8.37. The number of aliphatic hydroxyl groups excluding tert-OH is 1. The second kappa shape index (κ2) is 7.99. The van der Waals surface area contributed by atoms with E-state index in [-0.39, 0.29) is 24.1 Å². The van der Waals surface area contributed by atoms with E-state index in [0.29, 0.717) is 12.6 Å². The monoisotopic (exact) mass is 298 g/mol. The summed E-state index contributed by atoms with van der Waals surface area (Å²) >= 11 is 0. The third kappa shape index (κ3) is 5.15. The van der Waals surface area contributed by atoms with Gasteiger partial charge in [0, 0.05) is 32.2 Å². The van der Waals surface area contributed by atoms with Gasteiger partial charge < -0.3 is 20.1 Å². The van der Waals surface area contributed by atoms with E-state index in [1.165, 1.54) is 0 Å². The predicted octanol–water partition coefficient (Wildman–Crippen LogP) is 2.14. The van der Waals surface area contributed by atoms with Crippen LogP contribution in [0.15, 0.2) is 0 Å². The predicted molar refractivity (Wildman–Crippen MR) is 82.2 cm³/mol. The minimum Gasteiger partial charge on any atom is -0.393 e. The molecule has 0 aromatic carbocycles. The molecule has 2 fully saturated rings. The Hall–Kier alpha value is -0.810. The normalized spacial score (nSPS) is 30.3. The van der Waals surface area contributed by atoms with Crippen LogP contribution in [0, 0.1) is 5.92 Å². The Morgan fingerprint density at radius 2 is 2.19 bits per heavy atom. The maximum absolute atomic E-state index is 12.1. The fraction of sp³-hybridized carbons (Fsp3) is 0.938. The lowest BCUT2D eigenvalue weighted by atomic mass is 10.1. The highest BCUT2D eigenvalue weighted by atomic mass is 16.5. The molecule has 5 nitrogen and oxygen atoms in total. The smallest absolute Gasteiger partial charge is 0.317 e. The highest BCUT2D eigenvalue weighted by Gasteiger charge is 2.27. The molecule has 4 atom stereocenters. The summed E-state index contributed by atoms with van der Waals surface area (Å²) in [6, 6.07) is 0.131. The van der Waals surface area contributed by atoms with Crippen molar-refractivity contribution in [2.75, 3.05) is 20.2 Å². The van der Waals surface area contributed by atoms with E-state index in [1.54, 1.807) is 4.90 Å². The van der Waals surface area contributed by atoms with Gasteiger partial charge in [-0.15, -0.1) is 0 Å². The second-order valence-corrected chi connectivity index (χ2v) is 6.70. The van der Waals surface area contributed by atoms with Crippen LogP contribution in [0.1, 0.15) is 51.9 Å². The molecular weight excluding hydrogens is 268 g/mol. The van der Waals surface area contributed by atoms with Crippen LogP contribution in [0.25, 0.3) is 0 Å². The Kier molecular flexibility index (Phi) is 6.30. The standard InChI is InChI=1S/C16H30N2O3/c1-12(8-9-14-6-4-10-21-14)17-16(20)18(2)11-13-5-3-7-15(13)19/h12-15,19H,3-11H2,1-2H3,(H,17,20)/t12-,13+,14+,15+/m1/s1. The van der Waals surface area contributed by atoms with Crippen molar-refractivity contribution in [2.45, 2.75) is 70.1 Å². The van der Waals surface area contributed by atoms with E-state index in [0.717, 1.165) is 51.6 Å². The summed E-state index contributed by atoms with van der Waals surface area (Å²) in [7, 11) is 1.81. The number of hydrogen-bond acceptors (Lipinski definition) is 3. The maximum Gasteiger partial charge on any atom is 0.317 e. The molecular formula is C16H30N2O3. The van der Waals surface area contributed by atoms with Gasteiger partial charge in [-0.3, -0.25) is 0 Å². The molecule has 2 amide bonds. The first kappa shape index (κ1) is 16.6. The van der Waals surface area contributed by atoms with E-state index >= 15 is 0 Å². The van der Waals surface area contributed by atoms with Gasteiger partial charge in [-0.25, -0.2) is 4.79 Å². The third-order valence-electron chi connectivity index (χ3n) is 4.79. The zero-order chi connectivity index (χ0) is 15.2. The highest BCUT2D eigenvalue weighted by molar-refractivity contribution is 5.74. The van der Waals surface area contributed by atoms with Crippen LogP contribution >= 0.6 is 0 Å². The van der Waals surface area contributed by atoms with E-state index in [1.807, 2.05) is 14.0 Å². The summed E-state index contributed by atoms with van der Waals surface area (Å²) < 4.78 is 5.61. The van der Waals surface area contributed by atoms with Gasteiger partial charge in [0.25, 0.3) is 0 Å². The molecule has 2 aliphatic rings. The summed E-state index contributed by atoms with van der Waals surface area (Å²) in [6.45, 7) is 3.58. The van der Waals surface area contributed by atoms with E-state index < -0.39 is 0 Å². The van der Waals surface area contributed by atoms with Crippen molar-refractivity contribution in [3.05, 3.63) is 0 Å². The minimum atomic E-state index is -0.239. The molecule has 2 N–H and O–H groups in total. The number of rotatable bonds is 6. The lowest BCUT2D eigenvalue weighted by Gasteiger charge is -2.25. The molecule has 5 heteroatoms. The van der Waals surface area contributed by atoms with Gasteiger partial charge >= 0.3 is 6.03 Å². The number of carbonyl (C=O) groups is 1. The van der Waals surface area contributed by atoms with Crippen LogP contribution in [0.4, 0.5) is 4.79 Å². The van der Waals surface area contributed by atoms with Crippen LogP contribution in [-0.2, 0) is 4.74 Å². The Balaban J connectivity index is 1.64. The van der Waals surface area contributed by atoms with E-state index in [4.69, 9.17) is 4.74 Å². The van der Waals surface area contributed by atoms with E-state index in [2.05, 4.69) is 5.32 Å². The van der Waals surface area contributed by atoms with Crippen LogP contribution < -0.4 is 5.32 Å². The fourth-order valence-electron chi connectivity index (χ4n) is 3.37. The molecule has 0 spiro atoms. The van der Waals surface area contributed by atoms with E-state index in [9.17, 15) is 9.90 Å². The Morgan fingerprint density at radius 1 is 1.38 bits per heavy atom. The molecule has 1 aliphatic heterocycles. The molecule has 1 saturated heterocycles. The topological polar surface area (TPSA) is 61.8 Å². The largest absolute Gasteiger partial charge is 0.393 e. The number of aliphatic hydroxyl groups is 1. The number of carbonyl (C=O) groups excluding carboxylic acids is 1. The lowest BCUT2D eigenvalue weighted by molar-refractivity contribution is 0.0992. The van der Waals surface area contributed by atoms with Crippen LogP contribution in [-0.4, -0.2) is 54.5 Å². The quantitative estimate of drug-likeness (QED) is 0.790. The number of ether oxygens (including phenoxy) is 1. The SMILES string of the molecule is C[C@H](CC[C@@H]1CCCO1)NC(=O)N(C)C[C@@H]1CCC[C@@H]1O. The molecule has 1 aliphatic carbocycles. The van der Waals surface area contributed by atoms with Gasteiger partial charge in [-0.2, -0.15) is 0 Å². The summed E-state index contributed by atoms with van der Waals surface area (Å²) in [6.07, 6.45) is 7.40. The zero-order valence-electron chi connectivity index (χ0n) is 13.4. The summed E-state index contributed by atoms with van der Waals surface area (Å²) in [4.78, 5) is 13.9. The van der Waals surface area contributed by atoms with Crippen molar-refractivity contribution in [3.8, 4) is 0 Å². The van der Waals surface area contributed by atoms with Crippen LogP contribution in [0.3, 0.4) is 0 Å². The first-order valence-corrected chi connectivity index (χ1v) is 8.37. The highest BCUT2D eigenvalue weighted by Crippen LogP contribution is 2.26. The second-order valence-electron chi connectivity index (χ2n) is 6.70. The Bertz CT molecular complexity index is 331. The number of amides is 2. The van der Waals surface area contributed by atoms with Gasteiger partial charge in [0.2, 0.25) is 0 Å². The molecule has 0 unspecified atom stereocenters. The van der Waals surface area contributed by atoms with Gasteiger partial charge in [-0.1, -0.05) is 6.42 Å². The fourth-order valence-corrected chi connectivity index (χ4v) is 3.37. The molecule has 0 bridgehead atoms. The van der Waals surface area contributed by atoms with Crippen molar-refractivity contribution in [3.63, 3.8) is 0 Å². The number of nitrogens with zero attached hydrogens (tertiary/aromatic N) is 1. The molecule has 0 radical (unpaired) electrons. The number of nitrogens with one attached hydrogen (secondary N) is 1. The van der Waals surface area contributed by atoms with Gasteiger partial charge in [0.15, 0.2) is 0 Å².